The third-order valence-electron chi connectivity index (χ3n) is 3.95. The molecule has 0 saturated carbocycles. The zero-order valence-electron chi connectivity index (χ0n) is 12.3. The van der Waals surface area contributed by atoms with Crippen LogP contribution in [0.5, 0.6) is 0 Å². The largest absolute Gasteiger partial charge is 0.377 e. The zero-order chi connectivity index (χ0) is 15.7. The normalized spacial score (nSPS) is 26.7. The Bertz CT molecular complexity index is 563. The molecule has 1 amide bonds. The number of carbonyl (C=O) groups excluding carboxylic acids is 1. The molecule has 0 aromatic carbocycles. The molecule has 1 aromatic rings. The van der Waals surface area contributed by atoms with Crippen molar-refractivity contribution in [3.05, 3.63) is 11.6 Å². The van der Waals surface area contributed by atoms with E-state index in [0.29, 0.717) is 25.4 Å². The van der Waals surface area contributed by atoms with E-state index in [4.69, 9.17) is 4.74 Å². The molecule has 2 atom stereocenters. The van der Waals surface area contributed by atoms with Crippen LogP contribution < -0.4 is 10.6 Å². The maximum atomic E-state index is 13.1. The SMILES string of the molecule is COCc1nc2n(n1)CC(NC(=O)C1CC(F)(F)CN1)CC2. The average Bonchev–Trinajstić information content (AvgIpc) is 3.01. The Morgan fingerprint density at radius 1 is 1.59 bits per heavy atom. The number of aryl methyl sites for hydroxylation is 1. The van der Waals surface area contributed by atoms with Crippen molar-refractivity contribution in [2.75, 3.05) is 13.7 Å². The Labute approximate surface area is 126 Å². The van der Waals surface area contributed by atoms with E-state index in [2.05, 4.69) is 20.7 Å². The summed E-state index contributed by atoms with van der Waals surface area (Å²) < 4.78 is 33.0. The number of ether oxygens (including phenoxy) is 1. The van der Waals surface area contributed by atoms with E-state index in [1.165, 1.54) is 0 Å². The molecule has 0 aliphatic carbocycles. The van der Waals surface area contributed by atoms with Crippen LogP contribution in [0, 0.1) is 0 Å². The third kappa shape index (κ3) is 3.25. The first kappa shape index (κ1) is 15.3. The van der Waals surface area contributed by atoms with Crippen LogP contribution in [0.2, 0.25) is 0 Å². The molecular weight excluding hydrogens is 296 g/mol. The molecule has 2 unspecified atom stereocenters. The predicted octanol–water partition coefficient (Wildman–Crippen LogP) is -0.147. The lowest BCUT2D eigenvalue weighted by molar-refractivity contribution is -0.124. The molecule has 122 valence electrons. The number of hydrogen-bond acceptors (Lipinski definition) is 5. The Balaban J connectivity index is 1.57. The van der Waals surface area contributed by atoms with E-state index in [-0.39, 0.29) is 11.9 Å². The molecule has 1 aromatic heterocycles. The van der Waals surface area contributed by atoms with Crippen LogP contribution >= 0.6 is 0 Å². The molecule has 3 heterocycles. The van der Waals surface area contributed by atoms with Gasteiger partial charge in [0, 0.05) is 26.0 Å². The summed E-state index contributed by atoms with van der Waals surface area (Å²) in [5.74, 6) is -1.70. The minimum Gasteiger partial charge on any atom is -0.377 e. The van der Waals surface area contributed by atoms with Gasteiger partial charge in [0.25, 0.3) is 5.92 Å². The Morgan fingerprint density at radius 2 is 2.41 bits per heavy atom. The van der Waals surface area contributed by atoms with Crippen LogP contribution in [-0.4, -0.2) is 52.3 Å². The first-order chi connectivity index (χ1) is 10.5. The molecule has 1 saturated heterocycles. The van der Waals surface area contributed by atoms with E-state index < -0.39 is 24.9 Å². The molecule has 0 spiro atoms. The smallest absolute Gasteiger partial charge is 0.262 e. The van der Waals surface area contributed by atoms with Crippen molar-refractivity contribution in [2.24, 2.45) is 0 Å². The van der Waals surface area contributed by atoms with Gasteiger partial charge < -0.3 is 10.1 Å². The first-order valence-corrected chi connectivity index (χ1v) is 7.30. The van der Waals surface area contributed by atoms with E-state index in [0.717, 1.165) is 12.2 Å². The fraction of sp³-hybridized carbons (Fsp3) is 0.769. The number of amides is 1. The number of fused-ring (bicyclic) bond motifs is 1. The second-order valence-electron chi connectivity index (χ2n) is 5.80. The van der Waals surface area contributed by atoms with Gasteiger partial charge in [0.1, 0.15) is 12.4 Å². The minimum absolute atomic E-state index is 0.117. The predicted molar refractivity (Wildman–Crippen MR) is 72.3 cm³/mol. The van der Waals surface area contributed by atoms with Gasteiger partial charge in [-0.05, 0) is 6.42 Å². The van der Waals surface area contributed by atoms with Crippen molar-refractivity contribution >= 4 is 5.91 Å². The summed E-state index contributed by atoms with van der Waals surface area (Å²) in [5, 5.41) is 9.70. The molecule has 3 rings (SSSR count). The molecule has 2 aliphatic heterocycles. The molecule has 2 N–H and O–H groups in total. The fourth-order valence-corrected chi connectivity index (χ4v) is 2.87. The van der Waals surface area contributed by atoms with Gasteiger partial charge in [-0.1, -0.05) is 0 Å². The molecule has 0 radical (unpaired) electrons. The van der Waals surface area contributed by atoms with E-state index in [9.17, 15) is 13.6 Å². The second-order valence-corrected chi connectivity index (χ2v) is 5.80. The number of alkyl halides is 2. The van der Waals surface area contributed by atoms with Crippen molar-refractivity contribution in [2.45, 2.75) is 50.4 Å². The second kappa shape index (κ2) is 5.88. The lowest BCUT2D eigenvalue weighted by atomic mass is 10.1. The average molecular weight is 315 g/mol. The number of aromatic nitrogens is 3. The first-order valence-electron chi connectivity index (χ1n) is 7.30. The highest BCUT2D eigenvalue weighted by molar-refractivity contribution is 5.82. The van der Waals surface area contributed by atoms with Gasteiger partial charge in [-0.15, -0.1) is 0 Å². The highest BCUT2D eigenvalue weighted by atomic mass is 19.3. The van der Waals surface area contributed by atoms with Gasteiger partial charge in [-0.3, -0.25) is 10.1 Å². The van der Waals surface area contributed by atoms with Crippen molar-refractivity contribution in [3.8, 4) is 0 Å². The van der Waals surface area contributed by atoms with Crippen molar-refractivity contribution in [1.29, 1.82) is 0 Å². The molecule has 22 heavy (non-hydrogen) atoms. The standard InChI is InChI=1S/C13H19F2N5O2/c1-22-6-10-18-11-3-2-8(5-20(11)19-10)17-12(21)9-4-13(14,15)7-16-9/h8-9,16H,2-7H2,1H3,(H,17,21). The Morgan fingerprint density at radius 3 is 3.09 bits per heavy atom. The Kier molecular flexibility index (Phi) is 4.09. The lowest BCUT2D eigenvalue weighted by Crippen LogP contribution is -2.48. The number of methoxy groups -OCH3 is 1. The number of hydrogen-bond donors (Lipinski definition) is 2. The van der Waals surface area contributed by atoms with E-state index >= 15 is 0 Å². The number of nitrogens with zero attached hydrogens (tertiary/aromatic N) is 3. The number of nitrogens with one attached hydrogen (secondary N) is 2. The number of halogens is 2. The maximum absolute atomic E-state index is 13.1. The highest BCUT2D eigenvalue weighted by Crippen LogP contribution is 2.25. The summed E-state index contributed by atoms with van der Waals surface area (Å²) in [6.45, 7) is 0.405. The quantitative estimate of drug-likeness (QED) is 0.808. The molecule has 2 aliphatic rings. The van der Waals surface area contributed by atoms with Crippen molar-refractivity contribution in [1.82, 2.24) is 25.4 Å². The summed E-state index contributed by atoms with van der Waals surface area (Å²) in [5.41, 5.74) is 0. The highest BCUT2D eigenvalue weighted by Gasteiger charge is 2.42. The minimum atomic E-state index is -2.80. The molecule has 0 bridgehead atoms. The van der Waals surface area contributed by atoms with Gasteiger partial charge >= 0.3 is 0 Å². The molecular formula is C13H19F2N5O2. The number of rotatable bonds is 4. The summed E-state index contributed by atoms with van der Waals surface area (Å²) in [7, 11) is 1.58. The summed E-state index contributed by atoms with van der Waals surface area (Å²) in [6.07, 6.45) is 0.966. The van der Waals surface area contributed by atoms with Crippen LogP contribution in [0.25, 0.3) is 0 Å². The van der Waals surface area contributed by atoms with Crippen LogP contribution in [0.3, 0.4) is 0 Å². The van der Waals surface area contributed by atoms with Crippen LogP contribution in [0.15, 0.2) is 0 Å². The maximum Gasteiger partial charge on any atom is 0.262 e. The monoisotopic (exact) mass is 315 g/mol. The van der Waals surface area contributed by atoms with Gasteiger partial charge in [0.2, 0.25) is 5.91 Å². The van der Waals surface area contributed by atoms with Gasteiger partial charge in [0.15, 0.2) is 5.82 Å². The molecule has 9 heteroatoms. The van der Waals surface area contributed by atoms with Crippen LogP contribution in [-0.2, 0) is 29.1 Å². The topological polar surface area (TPSA) is 81.1 Å². The Hall–Kier alpha value is -1.61. The van der Waals surface area contributed by atoms with E-state index in [1.54, 1.807) is 11.8 Å². The third-order valence-corrected chi connectivity index (χ3v) is 3.95. The van der Waals surface area contributed by atoms with E-state index in [1.807, 2.05) is 0 Å². The van der Waals surface area contributed by atoms with Gasteiger partial charge in [0.05, 0.1) is 19.1 Å². The lowest BCUT2D eigenvalue weighted by Gasteiger charge is -2.24. The molecule has 7 nitrogen and oxygen atoms in total. The summed E-state index contributed by atoms with van der Waals surface area (Å²) in [4.78, 5) is 16.4. The summed E-state index contributed by atoms with van der Waals surface area (Å²) >= 11 is 0. The van der Waals surface area contributed by atoms with Crippen LogP contribution in [0.4, 0.5) is 8.78 Å². The number of carbonyl (C=O) groups is 1. The van der Waals surface area contributed by atoms with Gasteiger partial charge in [-0.25, -0.2) is 18.4 Å². The van der Waals surface area contributed by atoms with Crippen molar-refractivity contribution < 1.29 is 18.3 Å². The molecule has 1 fully saturated rings. The summed E-state index contributed by atoms with van der Waals surface area (Å²) in [6, 6.07) is -0.940. The fourth-order valence-electron chi connectivity index (χ4n) is 2.87. The van der Waals surface area contributed by atoms with Gasteiger partial charge in [-0.2, -0.15) is 5.10 Å². The zero-order valence-corrected chi connectivity index (χ0v) is 12.3. The van der Waals surface area contributed by atoms with Crippen molar-refractivity contribution in [3.63, 3.8) is 0 Å². The van der Waals surface area contributed by atoms with Crippen LogP contribution in [0.1, 0.15) is 24.5 Å².